The van der Waals surface area contributed by atoms with Crippen molar-refractivity contribution < 1.29 is 9.53 Å². The molecule has 3 heterocycles. The molecule has 1 amide bonds. The minimum absolute atomic E-state index is 0.0767. The van der Waals surface area contributed by atoms with Gasteiger partial charge in [0, 0.05) is 51.5 Å². The number of fused-ring (bicyclic) bond motifs is 1. The van der Waals surface area contributed by atoms with E-state index < -0.39 is 0 Å². The molecule has 0 radical (unpaired) electrons. The van der Waals surface area contributed by atoms with E-state index >= 15 is 0 Å². The molecule has 2 aromatic heterocycles. The van der Waals surface area contributed by atoms with Crippen molar-refractivity contribution in [3.63, 3.8) is 0 Å². The van der Waals surface area contributed by atoms with Crippen molar-refractivity contribution in [2.45, 2.75) is 44.7 Å². The quantitative estimate of drug-likeness (QED) is 0.828. The highest BCUT2D eigenvalue weighted by Crippen LogP contribution is 2.32. The van der Waals surface area contributed by atoms with Gasteiger partial charge in [-0.1, -0.05) is 12.8 Å². The summed E-state index contributed by atoms with van der Waals surface area (Å²) in [4.78, 5) is 14.9. The number of nitrogens with zero attached hydrogens (tertiary/aromatic N) is 4. The van der Waals surface area contributed by atoms with Crippen LogP contribution in [0.15, 0.2) is 24.5 Å². The normalized spacial score (nSPS) is 20.5. The molecule has 0 bridgehead atoms. The van der Waals surface area contributed by atoms with Crippen LogP contribution in [0.4, 0.5) is 0 Å². The molecule has 1 aliphatic heterocycles. The van der Waals surface area contributed by atoms with Gasteiger partial charge in [0.25, 0.3) is 5.91 Å². The third-order valence-electron chi connectivity index (χ3n) is 5.87. The Morgan fingerprint density at radius 2 is 2.15 bits per heavy atom. The largest absolute Gasteiger partial charge is 0.384 e. The van der Waals surface area contributed by atoms with Gasteiger partial charge in [0.1, 0.15) is 5.69 Å². The molecular formula is C20H28N4O2. The lowest BCUT2D eigenvalue weighted by atomic mass is 9.96. The van der Waals surface area contributed by atoms with Gasteiger partial charge in [-0.2, -0.15) is 5.10 Å². The fourth-order valence-electron chi connectivity index (χ4n) is 4.57. The van der Waals surface area contributed by atoms with Crippen molar-refractivity contribution >= 4 is 5.91 Å². The zero-order valence-corrected chi connectivity index (χ0v) is 15.7. The second kappa shape index (κ2) is 7.27. The van der Waals surface area contributed by atoms with Crippen LogP contribution in [0.1, 0.15) is 53.3 Å². The summed E-state index contributed by atoms with van der Waals surface area (Å²) < 4.78 is 9.57. The number of carbonyl (C=O) groups is 1. The number of amides is 1. The van der Waals surface area contributed by atoms with Crippen molar-refractivity contribution in [1.82, 2.24) is 19.2 Å². The molecule has 1 fully saturated rings. The van der Waals surface area contributed by atoms with Crippen molar-refractivity contribution in [2.75, 3.05) is 20.3 Å². The Hall–Kier alpha value is -2.08. The first-order valence-electron chi connectivity index (χ1n) is 9.61. The van der Waals surface area contributed by atoms with Gasteiger partial charge < -0.3 is 14.2 Å². The highest BCUT2D eigenvalue weighted by Gasteiger charge is 2.33. The number of hydrogen-bond donors (Lipinski definition) is 0. The molecule has 1 atom stereocenters. The maximum absolute atomic E-state index is 13.0. The van der Waals surface area contributed by atoms with Gasteiger partial charge in [-0.25, -0.2) is 0 Å². The average molecular weight is 356 g/mol. The van der Waals surface area contributed by atoms with E-state index in [4.69, 9.17) is 4.74 Å². The van der Waals surface area contributed by atoms with Crippen LogP contribution in [0.25, 0.3) is 0 Å². The molecule has 26 heavy (non-hydrogen) atoms. The maximum Gasteiger partial charge on any atom is 0.270 e. The Bertz CT molecular complexity index is 773. The fraction of sp³-hybridized carbons (Fsp3) is 0.600. The van der Waals surface area contributed by atoms with Crippen LogP contribution in [-0.4, -0.2) is 45.4 Å². The first kappa shape index (κ1) is 17.3. The van der Waals surface area contributed by atoms with E-state index in [1.165, 1.54) is 36.9 Å². The molecule has 2 aromatic rings. The third-order valence-corrected chi connectivity index (χ3v) is 5.87. The van der Waals surface area contributed by atoms with Crippen LogP contribution < -0.4 is 0 Å². The van der Waals surface area contributed by atoms with Crippen molar-refractivity contribution in [2.24, 2.45) is 13.0 Å². The lowest BCUT2D eigenvalue weighted by molar-refractivity contribution is 0.0665. The Morgan fingerprint density at radius 1 is 1.35 bits per heavy atom. The van der Waals surface area contributed by atoms with Crippen LogP contribution in [0, 0.1) is 5.92 Å². The van der Waals surface area contributed by atoms with Crippen LogP contribution in [0.5, 0.6) is 0 Å². The first-order chi connectivity index (χ1) is 12.7. The van der Waals surface area contributed by atoms with Crippen molar-refractivity contribution in [1.29, 1.82) is 0 Å². The summed E-state index contributed by atoms with van der Waals surface area (Å²) in [5.41, 5.74) is 3.16. The molecule has 0 N–H and O–H groups in total. The van der Waals surface area contributed by atoms with Crippen LogP contribution in [0.3, 0.4) is 0 Å². The number of ether oxygens (including phenoxy) is 1. The molecule has 0 aromatic carbocycles. The summed E-state index contributed by atoms with van der Waals surface area (Å²) in [6.45, 7) is 2.92. The average Bonchev–Trinajstić information content (AvgIpc) is 3.37. The second-order valence-electron chi connectivity index (χ2n) is 7.73. The van der Waals surface area contributed by atoms with Gasteiger partial charge in [0.2, 0.25) is 0 Å². The third kappa shape index (κ3) is 3.18. The van der Waals surface area contributed by atoms with E-state index in [9.17, 15) is 4.79 Å². The number of methoxy groups -OCH3 is 1. The highest BCUT2D eigenvalue weighted by molar-refractivity contribution is 5.93. The number of rotatable bonds is 5. The summed E-state index contributed by atoms with van der Waals surface area (Å²) in [6, 6.07) is 3.79. The molecule has 4 rings (SSSR count). The standard InChI is InChI=1S/C20H28N4O2/c1-22-9-5-8-18(22)20(25)23-12-16-10-21-24(11-15-6-3-4-7-15)19(16)17(13-23)14-26-2/h5,8-10,15,17H,3-4,6-7,11-14H2,1-2H3. The smallest absolute Gasteiger partial charge is 0.270 e. The molecule has 1 saturated carbocycles. The van der Waals surface area contributed by atoms with Gasteiger partial charge >= 0.3 is 0 Å². The molecule has 0 saturated heterocycles. The SMILES string of the molecule is COCC1CN(C(=O)c2cccn2C)Cc2cnn(CC3CCCC3)c21. The molecule has 1 aliphatic carbocycles. The van der Waals surface area contributed by atoms with E-state index in [0.717, 1.165) is 18.2 Å². The predicted octanol–water partition coefficient (Wildman–Crippen LogP) is 2.80. The summed E-state index contributed by atoms with van der Waals surface area (Å²) in [5, 5.41) is 4.69. The number of hydrogen-bond acceptors (Lipinski definition) is 3. The van der Waals surface area contributed by atoms with Crippen LogP contribution in [-0.2, 0) is 24.9 Å². The molecule has 6 heteroatoms. The Morgan fingerprint density at radius 3 is 2.85 bits per heavy atom. The van der Waals surface area contributed by atoms with E-state index in [1.54, 1.807) is 7.11 Å². The Kier molecular flexibility index (Phi) is 4.85. The Labute approximate surface area is 154 Å². The lowest BCUT2D eigenvalue weighted by Gasteiger charge is -2.33. The number of aromatic nitrogens is 3. The highest BCUT2D eigenvalue weighted by atomic mass is 16.5. The van der Waals surface area contributed by atoms with Gasteiger partial charge in [0.15, 0.2) is 0 Å². The minimum Gasteiger partial charge on any atom is -0.384 e. The first-order valence-corrected chi connectivity index (χ1v) is 9.61. The van der Waals surface area contributed by atoms with E-state index in [-0.39, 0.29) is 11.8 Å². The number of aryl methyl sites for hydroxylation is 1. The van der Waals surface area contributed by atoms with E-state index in [2.05, 4.69) is 9.78 Å². The van der Waals surface area contributed by atoms with Crippen LogP contribution >= 0.6 is 0 Å². The zero-order valence-electron chi connectivity index (χ0n) is 15.7. The summed E-state index contributed by atoms with van der Waals surface area (Å²) >= 11 is 0. The summed E-state index contributed by atoms with van der Waals surface area (Å²) in [6.07, 6.45) is 9.17. The topological polar surface area (TPSA) is 52.3 Å². The molecule has 1 unspecified atom stereocenters. The summed E-state index contributed by atoms with van der Waals surface area (Å²) in [7, 11) is 3.64. The molecule has 140 valence electrons. The monoisotopic (exact) mass is 356 g/mol. The van der Waals surface area contributed by atoms with Crippen molar-refractivity contribution in [3.05, 3.63) is 41.5 Å². The van der Waals surface area contributed by atoms with Gasteiger partial charge in [0.05, 0.1) is 18.5 Å². The zero-order chi connectivity index (χ0) is 18.1. The fourth-order valence-corrected chi connectivity index (χ4v) is 4.57. The number of carbonyl (C=O) groups excluding carboxylic acids is 1. The van der Waals surface area contributed by atoms with Crippen LogP contribution in [0.2, 0.25) is 0 Å². The van der Waals surface area contributed by atoms with E-state index in [1.807, 2.05) is 41.0 Å². The van der Waals surface area contributed by atoms with Gasteiger partial charge in [-0.3, -0.25) is 9.48 Å². The molecule has 2 aliphatic rings. The predicted molar refractivity (Wildman–Crippen MR) is 99.0 cm³/mol. The molecule has 6 nitrogen and oxygen atoms in total. The van der Waals surface area contributed by atoms with Gasteiger partial charge in [-0.15, -0.1) is 0 Å². The Balaban J connectivity index is 1.58. The molecular weight excluding hydrogens is 328 g/mol. The lowest BCUT2D eigenvalue weighted by Crippen LogP contribution is -2.40. The maximum atomic E-state index is 13.0. The molecule has 0 spiro atoms. The van der Waals surface area contributed by atoms with E-state index in [0.29, 0.717) is 19.7 Å². The minimum atomic E-state index is 0.0767. The summed E-state index contributed by atoms with van der Waals surface area (Å²) in [5.74, 6) is 0.995. The van der Waals surface area contributed by atoms with Gasteiger partial charge in [-0.05, 0) is 30.9 Å². The second-order valence-corrected chi connectivity index (χ2v) is 7.73. The van der Waals surface area contributed by atoms with Crippen molar-refractivity contribution in [3.8, 4) is 0 Å².